The molecule has 0 radical (unpaired) electrons. The van der Waals surface area contributed by atoms with E-state index in [0.29, 0.717) is 5.11 Å². The topological polar surface area (TPSA) is 39.3 Å². The monoisotopic (exact) mass is 426 g/mol. The predicted octanol–water partition coefficient (Wildman–Crippen LogP) is 5.39. The van der Waals surface area contributed by atoms with Crippen LogP contribution in [0.25, 0.3) is 0 Å². The Labute approximate surface area is 185 Å². The molecule has 0 amide bonds. The van der Waals surface area contributed by atoms with Crippen molar-refractivity contribution >= 4 is 46.0 Å². The first-order chi connectivity index (χ1) is 13.7. The van der Waals surface area contributed by atoms with Gasteiger partial charge in [-0.3, -0.25) is 0 Å². The molecule has 29 heavy (non-hydrogen) atoms. The lowest BCUT2D eigenvalue weighted by Crippen LogP contribution is -2.66. The zero-order chi connectivity index (χ0) is 21.1. The molecule has 154 valence electrons. The summed E-state index contributed by atoms with van der Waals surface area (Å²) in [6, 6.07) is 20.4. The molecule has 6 heteroatoms. The number of hydrogen-bond acceptors (Lipinski definition) is 2. The quantitative estimate of drug-likeness (QED) is 0.572. The summed E-state index contributed by atoms with van der Waals surface area (Å²) in [4.78, 5) is 2.34. The molecule has 1 heterocycles. The fraction of sp³-hybridized carbons (Fsp3) is 0.391. The second kappa shape index (κ2) is 8.67. The van der Waals surface area contributed by atoms with Crippen LogP contribution >= 0.6 is 24.4 Å². The largest absolute Gasteiger partial charge is 0.360 e. The Kier molecular flexibility index (Phi) is 6.44. The lowest BCUT2D eigenvalue weighted by Gasteiger charge is -2.56. The maximum atomic E-state index is 5.82. The molecule has 1 aliphatic rings. The number of piperidine rings is 1. The van der Waals surface area contributed by atoms with Crippen molar-refractivity contribution in [3.05, 3.63) is 60.7 Å². The molecule has 2 aromatic rings. The zero-order valence-corrected chi connectivity index (χ0v) is 19.2. The fourth-order valence-electron chi connectivity index (χ4n) is 4.51. The molecule has 1 fully saturated rings. The Morgan fingerprint density at radius 1 is 0.793 bits per heavy atom. The van der Waals surface area contributed by atoms with E-state index >= 15 is 0 Å². The molecule has 0 atom stereocenters. The molecule has 0 spiro atoms. The maximum absolute atomic E-state index is 5.82. The third-order valence-electron chi connectivity index (χ3n) is 5.30. The average Bonchev–Trinajstić information content (AvgIpc) is 2.61. The molecular weight excluding hydrogens is 396 g/mol. The van der Waals surface area contributed by atoms with E-state index in [1.807, 2.05) is 60.7 Å². The van der Waals surface area contributed by atoms with Crippen LogP contribution in [0, 0.1) is 0 Å². The van der Waals surface area contributed by atoms with Crippen molar-refractivity contribution < 1.29 is 0 Å². The highest BCUT2D eigenvalue weighted by Crippen LogP contribution is 2.39. The highest BCUT2D eigenvalue weighted by Gasteiger charge is 2.46. The van der Waals surface area contributed by atoms with Gasteiger partial charge in [0.2, 0.25) is 0 Å². The summed E-state index contributed by atoms with van der Waals surface area (Å²) in [5.41, 5.74) is 1.76. The number of para-hydroxylation sites is 2. The van der Waals surface area contributed by atoms with E-state index in [4.69, 9.17) is 24.4 Å². The van der Waals surface area contributed by atoms with E-state index in [9.17, 15) is 0 Å². The smallest absolute Gasteiger partial charge is 0.174 e. The van der Waals surface area contributed by atoms with Gasteiger partial charge in [-0.25, -0.2) is 0 Å². The van der Waals surface area contributed by atoms with Crippen LogP contribution in [0.2, 0.25) is 0 Å². The summed E-state index contributed by atoms with van der Waals surface area (Å²) >= 11 is 11.4. The molecule has 0 saturated carbocycles. The van der Waals surface area contributed by atoms with Crippen LogP contribution < -0.4 is 16.0 Å². The van der Waals surface area contributed by atoms with Crippen molar-refractivity contribution in [2.45, 2.75) is 57.7 Å². The van der Waals surface area contributed by atoms with Gasteiger partial charge in [0, 0.05) is 28.5 Å². The minimum absolute atomic E-state index is 0.124. The number of nitrogens with zero attached hydrogens (tertiary/aromatic N) is 1. The van der Waals surface area contributed by atoms with Gasteiger partial charge >= 0.3 is 0 Å². The number of thiocarbonyl (C=S) groups is 2. The number of likely N-dealkylation sites (tertiary alicyclic amines) is 1. The molecule has 0 aliphatic carbocycles. The van der Waals surface area contributed by atoms with Gasteiger partial charge in [-0.1, -0.05) is 36.4 Å². The van der Waals surface area contributed by atoms with Gasteiger partial charge in [0.05, 0.1) is 0 Å². The van der Waals surface area contributed by atoms with Gasteiger partial charge < -0.3 is 20.9 Å². The first-order valence-electron chi connectivity index (χ1n) is 9.96. The van der Waals surface area contributed by atoms with Crippen molar-refractivity contribution in [1.29, 1.82) is 0 Å². The maximum Gasteiger partial charge on any atom is 0.174 e. The van der Waals surface area contributed by atoms with Crippen molar-refractivity contribution in [3.8, 4) is 0 Å². The van der Waals surface area contributed by atoms with Crippen LogP contribution in [0.3, 0.4) is 0 Å². The van der Waals surface area contributed by atoms with Crippen LogP contribution in [-0.2, 0) is 0 Å². The van der Waals surface area contributed by atoms with Gasteiger partial charge in [0.25, 0.3) is 0 Å². The molecule has 3 rings (SSSR count). The second-order valence-corrected chi connectivity index (χ2v) is 9.62. The number of anilines is 2. The lowest BCUT2D eigenvalue weighted by atomic mass is 9.77. The van der Waals surface area contributed by atoms with Crippen LogP contribution in [0.5, 0.6) is 0 Å². The van der Waals surface area contributed by atoms with Crippen molar-refractivity contribution in [1.82, 2.24) is 10.2 Å². The molecular formula is C23H30N4S2. The van der Waals surface area contributed by atoms with Crippen LogP contribution in [0.4, 0.5) is 11.4 Å². The first kappa shape index (κ1) is 21.5. The Morgan fingerprint density at radius 2 is 1.24 bits per heavy atom. The highest BCUT2D eigenvalue weighted by molar-refractivity contribution is 7.80. The van der Waals surface area contributed by atoms with E-state index in [2.05, 4.69) is 48.5 Å². The minimum Gasteiger partial charge on any atom is -0.360 e. The summed E-state index contributed by atoms with van der Waals surface area (Å²) in [7, 11) is 0. The summed E-state index contributed by atoms with van der Waals surface area (Å²) in [6.45, 7) is 8.98. The minimum atomic E-state index is -0.124. The predicted molar refractivity (Wildman–Crippen MR) is 131 cm³/mol. The molecule has 3 N–H and O–H groups in total. The standard InChI is InChI=1S/C23H30N4S2/c1-22(2)15-19(25-20(28)24-17-11-7-5-8-12-17)16-23(3,4)27(22)21(29)26-18-13-9-6-10-14-18/h5-14,19H,15-16H2,1-4H3,(H,26,29)(H2,24,25,28). The fourth-order valence-corrected chi connectivity index (χ4v) is 5.40. The third-order valence-corrected chi connectivity index (χ3v) is 5.80. The SMILES string of the molecule is CC1(C)CC(NC(=S)Nc2ccccc2)CC(C)(C)N1C(=S)Nc1ccccc1. The molecule has 0 aromatic heterocycles. The average molecular weight is 427 g/mol. The number of benzene rings is 2. The van der Waals surface area contributed by atoms with Gasteiger partial charge in [0.1, 0.15) is 0 Å². The molecule has 1 saturated heterocycles. The van der Waals surface area contributed by atoms with E-state index in [1.54, 1.807) is 0 Å². The lowest BCUT2D eigenvalue weighted by molar-refractivity contribution is 0.0286. The van der Waals surface area contributed by atoms with E-state index in [1.165, 1.54) is 0 Å². The first-order valence-corrected chi connectivity index (χ1v) is 10.8. The van der Waals surface area contributed by atoms with E-state index in [-0.39, 0.29) is 17.1 Å². The van der Waals surface area contributed by atoms with Crippen molar-refractivity contribution in [2.75, 3.05) is 10.6 Å². The van der Waals surface area contributed by atoms with Crippen molar-refractivity contribution in [2.24, 2.45) is 0 Å². The molecule has 1 aliphatic heterocycles. The van der Waals surface area contributed by atoms with Gasteiger partial charge in [-0.2, -0.15) is 0 Å². The van der Waals surface area contributed by atoms with Crippen LogP contribution in [0.1, 0.15) is 40.5 Å². The van der Waals surface area contributed by atoms with Gasteiger partial charge in [-0.05, 0) is 89.2 Å². The van der Waals surface area contributed by atoms with E-state index < -0.39 is 0 Å². The Balaban J connectivity index is 1.68. The van der Waals surface area contributed by atoms with Crippen LogP contribution in [0.15, 0.2) is 60.7 Å². The highest BCUT2D eigenvalue weighted by atomic mass is 32.1. The third kappa shape index (κ3) is 5.46. The molecule has 0 unspecified atom stereocenters. The summed E-state index contributed by atoms with van der Waals surface area (Å²) in [5, 5.41) is 11.6. The number of nitrogens with one attached hydrogen (secondary N) is 3. The molecule has 0 bridgehead atoms. The summed E-state index contributed by atoms with van der Waals surface area (Å²) in [6.07, 6.45) is 1.87. The summed E-state index contributed by atoms with van der Waals surface area (Å²) < 4.78 is 0. The zero-order valence-electron chi connectivity index (χ0n) is 17.5. The number of hydrogen-bond donors (Lipinski definition) is 3. The van der Waals surface area contributed by atoms with Gasteiger partial charge in [0.15, 0.2) is 10.2 Å². The van der Waals surface area contributed by atoms with Crippen molar-refractivity contribution in [3.63, 3.8) is 0 Å². The van der Waals surface area contributed by atoms with Crippen LogP contribution in [-0.4, -0.2) is 32.2 Å². The van der Waals surface area contributed by atoms with E-state index in [0.717, 1.165) is 29.3 Å². The van der Waals surface area contributed by atoms with Gasteiger partial charge in [-0.15, -0.1) is 0 Å². The summed E-state index contributed by atoms with van der Waals surface area (Å²) in [5.74, 6) is 0. The normalized spacial score (nSPS) is 18.0. The Morgan fingerprint density at radius 3 is 1.72 bits per heavy atom. The number of rotatable bonds is 3. The Bertz CT molecular complexity index is 832. The molecule has 4 nitrogen and oxygen atoms in total. The second-order valence-electron chi connectivity index (χ2n) is 8.83. The Hall–Kier alpha value is -2.18. The molecule has 2 aromatic carbocycles.